The molecule has 222 valence electrons. The molecule has 0 atom stereocenters. The van der Waals surface area contributed by atoms with Crippen molar-refractivity contribution in [3.05, 3.63) is 24.0 Å². The number of rotatable bonds is 10. The van der Waals surface area contributed by atoms with Gasteiger partial charge in [-0.05, 0) is 31.4 Å². The van der Waals surface area contributed by atoms with Crippen LogP contribution in [0.15, 0.2) is 18.2 Å². The Labute approximate surface area is 242 Å². The summed E-state index contributed by atoms with van der Waals surface area (Å²) in [6, 6.07) is 5.25. The summed E-state index contributed by atoms with van der Waals surface area (Å²) in [6.07, 6.45) is 0.305. The second-order valence-electron chi connectivity index (χ2n) is 10.1. The van der Waals surface area contributed by atoms with Crippen LogP contribution >= 0.6 is 11.6 Å². The van der Waals surface area contributed by atoms with Gasteiger partial charge in [0.1, 0.15) is 17.1 Å². The first-order valence-electron chi connectivity index (χ1n) is 14.0. The molecule has 0 radical (unpaired) electrons. The van der Waals surface area contributed by atoms with Crippen LogP contribution in [0.5, 0.6) is 5.75 Å². The molecule has 11 nitrogen and oxygen atoms in total. The van der Waals surface area contributed by atoms with E-state index in [-0.39, 0.29) is 23.8 Å². The van der Waals surface area contributed by atoms with Crippen molar-refractivity contribution in [1.82, 2.24) is 29.4 Å². The van der Waals surface area contributed by atoms with Gasteiger partial charge in [0.05, 0.1) is 25.3 Å². The van der Waals surface area contributed by atoms with Gasteiger partial charge in [0.15, 0.2) is 5.82 Å². The number of aromatic nitrogens is 5. The van der Waals surface area contributed by atoms with Gasteiger partial charge in [0.2, 0.25) is 23.8 Å². The van der Waals surface area contributed by atoms with Crippen molar-refractivity contribution in [3.63, 3.8) is 0 Å². The zero-order valence-corrected chi connectivity index (χ0v) is 24.1. The maximum atomic E-state index is 14.4. The number of ether oxygens (including phenoxy) is 2. The molecule has 1 amide bonds. The molecule has 2 aliphatic rings. The van der Waals surface area contributed by atoms with Gasteiger partial charge < -0.3 is 24.2 Å². The third kappa shape index (κ3) is 6.30. The van der Waals surface area contributed by atoms with Gasteiger partial charge in [-0.15, -0.1) is 11.6 Å². The fourth-order valence-corrected chi connectivity index (χ4v) is 5.32. The molecule has 0 bridgehead atoms. The predicted octanol–water partition coefficient (Wildman–Crippen LogP) is 3.83. The Hall–Kier alpha value is -3.32. The number of carbonyl (C=O) groups is 1. The van der Waals surface area contributed by atoms with Crippen LogP contribution in [0.4, 0.5) is 20.7 Å². The molecule has 0 unspecified atom stereocenters. The van der Waals surface area contributed by atoms with E-state index in [1.165, 1.54) is 4.57 Å². The molecule has 4 heterocycles. The first-order valence-corrected chi connectivity index (χ1v) is 14.5. The number of alkyl halides is 3. The Morgan fingerprint density at radius 2 is 1.73 bits per heavy atom. The third-order valence-corrected chi connectivity index (χ3v) is 7.75. The smallest absolute Gasteiger partial charge is 0.296 e. The Morgan fingerprint density at radius 1 is 1.07 bits per heavy atom. The molecule has 0 saturated carbocycles. The number of para-hydroxylation sites is 1. The maximum absolute atomic E-state index is 14.4. The van der Waals surface area contributed by atoms with Gasteiger partial charge in [-0.2, -0.15) is 15.0 Å². The molecule has 14 heteroatoms. The number of anilines is 2. The summed E-state index contributed by atoms with van der Waals surface area (Å²) >= 11 is 5.76. The number of hydrogen-bond acceptors (Lipinski definition) is 9. The van der Waals surface area contributed by atoms with E-state index in [0.717, 1.165) is 12.8 Å². The van der Waals surface area contributed by atoms with Crippen molar-refractivity contribution in [2.45, 2.75) is 45.1 Å². The quantitative estimate of drug-likeness (QED) is 0.257. The zero-order valence-electron chi connectivity index (χ0n) is 23.3. The number of nitrogens with zero attached hydrogens (tertiary/aromatic N) is 8. The van der Waals surface area contributed by atoms with Gasteiger partial charge in [-0.1, -0.05) is 19.4 Å². The van der Waals surface area contributed by atoms with Crippen LogP contribution in [0.2, 0.25) is 0 Å². The van der Waals surface area contributed by atoms with E-state index in [2.05, 4.69) is 16.9 Å². The average molecular weight is 593 g/mol. The summed E-state index contributed by atoms with van der Waals surface area (Å²) in [4.78, 5) is 36.2. The van der Waals surface area contributed by atoms with Crippen LogP contribution in [-0.2, 0) is 9.53 Å². The molecular formula is C27H35ClF2N8O3. The van der Waals surface area contributed by atoms with E-state index in [0.29, 0.717) is 87.5 Å². The third-order valence-electron chi connectivity index (χ3n) is 7.52. The minimum absolute atomic E-state index is 0.0479. The number of halogens is 3. The molecule has 2 fully saturated rings. The SMILES string of the molecule is CCCCOc1cccc2c1nc(C(F)F)n2-c1nc(N2CCOCC2)nc(N2CCC(N(C)C(=O)CCl)CC2)n1. The van der Waals surface area contributed by atoms with Crippen LogP contribution in [0.3, 0.4) is 0 Å². The molecule has 0 spiro atoms. The minimum atomic E-state index is -2.87. The maximum Gasteiger partial charge on any atom is 0.296 e. The average Bonchev–Trinajstić information content (AvgIpc) is 3.42. The molecule has 1 aromatic carbocycles. The Morgan fingerprint density at radius 3 is 2.37 bits per heavy atom. The largest absolute Gasteiger partial charge is 0.491 e. The lowest BCUT2D eigenvalue weighted by Crippen LogP contribution is -2.46. The van der Waals surface area contributed by atoms with Gasteiger partial charge in [-0.25, -0.2) is 13.8 Å². The standard InChI is InChI=1S/C27H35ClF2N8O3/c1-3-4-14-41-20-7-5-6-19-22(20)31-24(23(29)30)38(19)27-33-25(32-26(34-27)37-12-15-40-16-13-37)36-10-8-18(9-11-36)35(2)21(39)17-28/h5-7,18,23H,3-4,8-17H2,1-2H3. The Bertz CT molecular complexity index is 1350. The Kier molecular flexibility index (Phi) is 9.33. The number of unbranched alkanes of at least 4 members (excludes halogenated alkanes) is 1. The fourth-order valence-electron chi connectivity index (χ4n) is 5.13. The highest BCUT2D eigenvalue weighted by atomic mass is 35.5. The van der Waals surface area contributed by atoms with Crippen LogP contribution < -0.4 is 14.5 Å². The minimum Gasteiger partial charge on any atom is -0.491 e. The van der Waals surface area contributed by atoms with E-state index in [1.807, 2.05) is 9.80 Å². The second-order valence-corrected chi connectivity index (χ2v) is 10.4. The van der Waals surface area contributed by atoms with Crippen molar-refractivity contribution < 1.29 is 23.0 Å². The summed E-state index contributed by atoms with van der Waals surface area (Å²) < 4.78 is 41.6. The van der Waals surface area contributed by atoms with E-state index in [1.54, 1.807) is 30.1 Å². The second kappa shape index (κ2) is 13.1. The van der Waals surface area contributed by atoms with Gasteiger partial charge >= 0.3 is 0 Å². The molecule has 2 aliphatic heterocycles. The topological polar surface area (TPSA) is 102 Å². The van der Waals surface area contributed by atoms with Gasteiger partial charge in [-0.3, -0.25) is 9.36 Å². The van der Waals surface area contributed by atoms with Crippen molar-refractivity contribution in [3.8, 4) is 11.7 Å². The number of morpholine rings is 1. The molecule has 5 rings (SSSR count). The number of fused-ring (bicyclic) bond motifs is 1. The highest BCUT2D eigenvalue weighted by Gasteiger charge is 2.29. The lowest BCUT2D eigenvalue weighted by molar-refractivity contribution is -0.129. The summed E-state index contributed by atoms with van der Waals surface area (Å²) in [6.45, 7) is 5.84. The molecule has 2 saturated heterocycles. The van der Waals surface area contributed by atoms with Crippen LogP contribution in [-0.4, -0.2) is 100 Å². The monoisotopic (exact) mass is 592 g/mol. The lowest BCUT2D eigenvalue weighted by atomic mass is 10.0. The van der Waals surface area contributed by atoms with E-state index >= 15 is 0 Å². The van der Waals surface area contributed by atoms with Gasteiger partial charge in [0, 0.05) is 39.3 Å². The zero-order chi connectivity index (χ0) is 28.9. The predicted molar refractivity (Wildman–Crippen MR) is 152 cm³/mol. The van der Waals surface area contributed by atoms with Crippen molar-refractivity contribution in [2.75, 3.05) is 68.7 Å². The van der Waals surface area contributed by atoms with Gasteiger partial charge in [0.25, 0.3) is 6.43 Å². The van der Waals surface area contributed by atoms with E-state index in [9.17, 15) is 13.6 Å². The molecule has 3 aromatic rings. The fraction of sp³-hybridized carbons (Fsp3) is 0.593. The number of benzene rings is 1. The summed E-state index contributed by atoms with van der Waals surface area (Å²) in [5, 5.41) is 0. The van der Waals surface area contributed by atoms with Crippen LogP contribution in [0, 0.1) is 0 Å². The Balaban J connectivity index is 1.55. The normalized spacial score (nSPS) is 16.5. The molecule has 0 aliphatic carbocycles. The van der Waals surface area contributed by atoms with Crippen LogP contribution in [0.25, 0.3) is 17.0 Å². The number of imidazole rings is 1. The lowest BCUT2D eigenvalue weighted by Gasteiger charge is -2.37. The number of piperidine rings is 1. The summed E-state index contributed by atoms with van der Waals surface area (Å²) in [5.74, 6) is 0.644. The van der Waals surface area contributed by atoms with E-state index in [4.69, 9.17) is 31.0 Å². The number of carbonyl (C=O) groups excluding carboxylic acids is 1. The van der Waals surface area contributed by atoms with E-state index < -0.39 is 12.2 Å². The van der Waals surface area contributed by atoms with Crippen molar-refractivity contribution >= 4 is 40.4 Å². The van der Waals surface area contributed by atoms with Crippen molar-refractivity contribution in [1.29, 1.82) is 0 Å². The molecule has 41 heavy (non-hydrogen) atoms. The van der Waals surface area contributed by atoms with Crippen LogP contribution in [0.1, 0.15) is 44.9 Å². The summed E-state index contributed by atoms with van der Waals surface area (Å²) in [7, 11) is 1.76. The molecule has 0 N–H and O–H groups in total. The highest BCUT2D eigenvalue weighted by molar-refractivity contribution is 6.27. The molecule has 2 aromatic heterocycles. The summed E-state index contributed by atoms with van der Waals surface area (Å²) in [5.41, 5.74) is 0.765. The number of hydrogen-bond donors (Lipinski definition) is 0. The number of amides is 1. The van der Waals surface area contributed by atoms with Crippen molar-refractivity contribution in [2.24, 2.45) is 0 Å². The highest BCUT2D eigenvalue weighted by Crippen LogP contribution is 2.33. The first kappa shape index (κ1) is 29.2. The molecular weight excluding hydrogens is 558 g/mol. The first-order chi connectivity index (χ1) is 19.9.